The third kappa shape index (κ3) is 5.21. The molecule has 0 bridgehead atoms. The highest BCUT2D eigenvalue weighted by molar-refractivity contribution is 5.68. The Labute approximate surface area is 134 Å². The molecule has 120 valence electrons. The van der Waals surface area contributed by atoms with E-state index in [-0.39, 0.29) is 6.09 Å². The molecule has 1 aliphatic heterocycles. The van der Waals surface area contributed by atoms with E-state index in [0.29, 0.717) is 5.92 Å². The van der Waals surface area contributed by atoms with Crippen LogP contribution in [-0.2, 0) is 4.74 Å². The molecule has 0 saturated carbocycles. The standard InChI is InChI=1S/C19H27NO2/c1-15-5-7-16(8-6-15)9-10-17-11-13-20(14-12-17)18(21)22-19(2,3)4/h5-10,17H,11-14H2,1-4H3. The van der Waals surface area contributed by atoms with Crippen molar-refractivity contribution in [3.05, 3.63) is 41.5 Å². The first-order chi connectivity index (χ1) is 10.3. The van der Waals surface area contributed by atoms with Crippen LogP contribution in [0.2, 0.25) is 0 Å². The first-order valence-corrected chi connectivity index (χ1v) is 8.06. The lowest BCUT2D eigenvalue weighted by Crippen LogP contribution is -2.41. The maximum atomic E-state index is 12.0. The van der Waals surface area contributed by atoms with Gasteiger partial charge in [0.1, 0.15) is 5.60 Å². The SMILES string of the molecule is Cc1ccc(C=CC2CCN(C(=O)OC(C)(C)C)CC2)cc1. The van der Waals surface area contributed by atoms with Crippen molar-refractivity contribution in [2.45, 2.75) is 46.1 Å². The lowest BCUT2D eigenvalue weighted by molar-refractivity contribution is 0.0197. The largest absolute Gasteiger partial charge is 0.444 e. The van der Waals surface area contributed by atoms with Crippen molar-refractivity contribution >= 4 is 12.2 Å². The van der Waals surface area contributed by atoms with E-state index in [9.17, 15) is 4.79 Å². The van der Waals surface area contributed by atoms with E-state index in [1.165, 1.54) is 11.1 Å². The predicted molar refractivity (Wildman–Crippen MR) is 90.7 cm³/mol. The van der Waals surface area contributed by atoms with Gasteiger partial charge in [0.25, 0.3) is 0 Å². The van der Waals surface area contributed by atoms with Crippen molar-refractivity contribution in [1.29, 1.82) is 0 Å². The smallest absolute Gasteiger partial charge is 0.410 e. The molecule has 1 aliphatic rings. The second-order valence-corrected chi connectivity index (χ2v) is 7.07. The Balaban J connectivity index is 1.82. The number of carbonyl (C=O) groups is 1. The van der Waals surface area contributed by atoms with E-state index < -0.39 is 5.60 Å². The van der Waals surface area contributed by atoms with Gasteiger partial charge in [0.05, 0.1) is 0 Å². The molecule has 1 aromatic rings. The van der Waals surface area contributed by atoms with Crippen LogP contribution in [0.15, 0.2) is 30.3 Å². The van der Waals surface area contributed by atoms with E-state index in [2.05, 4.69) is 43.3 Å². The maximum absolute atomic E-state index is 12.0. The fourth-order valence-corrected chi connectivity index (χ4v) is 2.53. The number of hydrogen-bond acceptors (Lipinski definition) is 2. The van der Waals surface area contributed by atoms with Crippen LogP contribution in [0.4, 0.5) is 4.79 Å². The van der Waals surface area contributed by atoms with Crippen LogP contribution in [0.1, 0.15) is 44.7 Å². The zero-order valence-electron chi connectivity index (χ0n) is 14.1. The number of hydrogen-bond donors (Lipinski definition) is 0. The average molecular weight is 301 g/mol. The molecule has 22 heavy (non-hydrogen) atoms. The molecule has 0 radical (unpaired) electrons. The van der Waals surface area contributed by atoms with Gasteiger partial charge >= 0.3 is 6.09 Å². The first kappa shape index (κ1) is 16.6. The minimum absolute atomic E-state index is 0.187. The third-order valence-corrected chi connectivity index (χ3v) is 3.83. The van der Waals surface area contributed by atoms with Gasteiger partial charge in [0.2, 0.25) is 0 Å². The summed E-state index contributed by atoms with van der Waals surface area (Å²) in [6, 6.07) is 8.54. The van der Waals surface area contributed by atoms with Gasteiger partial charge in [-0.2, -0.15) is 0 Å². The van der Waals surface area contributed by atoms with Gasteiger partial charge in [0, 0.05) is 13.1 Å². The van der Waals surface area contributed by atoms with Crippen LogP contribution >= 0.6 is 0 Å². The molecule has 0 unspecified atom stereocenters. The second kappa shape index (κ2) is 6.99. The average Bonchev–Trinajstić information content (AvgIpc) is 2.45. The van der Waals surface area contributed by atoms with Crippen LogP contribution in [0.5, 0.6) is 0 Å². The van der Waals surface area contributed by atoms with Crippen molar-refractivity contribution in [2.24, 2.45) is 5.92 Å². The summed E-state index contributed by atoms with van der Waals surface area (Å²) in [5.41, 5.74) is 2.10. The number of rotatable bonds is 2. The molecular weight excluding hydrogens is 274 g/mol. The van der Waals surface area contributed by atoms with Gasteiger partial charge in [-0.05, 0) is 52.0 Å². The molecule has 0 aromatic heterocycles. The van der Waals surface area contributed by atoms with Gasteiger partial charge in [-0.3, -0.25) is 0 Å². The molecule has 1 saturated heterocycles. The number of nitrogens with zero attached hydrogens (tertiary/aromatic N) is 1. The van der Waals surface area contributed by atoms with E-state index in [4.69, 9.17) is 4.74 Å². The number of aryl methyl sites for hydroxylation is 1. The Hall–Kier alpha value is -1.77. The Morgan fingerprint density at radius 2 is 1.77 bits per heavy atom. The zero-order valence-corrected chi connectivity index (χ0v) is 14.1. The molecule has 1 fully saturated rings. The molecule has 1 heterocycles. The van der Waals surface area contributed by atoms with E-state index in [0.717, 1.165) is 25.9 Å². The summed E-state index contributed by atoms with van der Waals surface area (Å²) >= 11 is 0. The summed E-state index contributed by atoms with van der Waals surface area (Å²) in [6.07, 6.45) is 6.28. The number of allylic oxidation sites excluding steroid dienone is 1. The Bertz CT molecular complexity index is 517. The van der Waals surface area contributed by atoms with Crippen LogP contribution in [0.3, 0.4) is 0 Å². The van der Waals surface area contributed by atoms with Crippen molar-refractivity contribution < 1.29 is 9.53 Å². The number of likely N-dealkylation sites (tertiary alicyclic amines) is 1. The summed E-state index contributed by atoms with van der Waals surface area (Å²) in [7, 11) is 0. The van der Waals surface area contributed by atoms with Gasteiger partial charge in [-0.25, -0.2) is 4.79 Å². The minimum Gasteiger partial charge on any atom is -0.444 e. The highest BCUT2D eigenvalue weighted by Gasteiger charge is 2.25. The molecule has 3 nitrogen and oxygen atoms in total. The lowest BCUT2D eigenvalue weighted by Gasteiger charge is -2.32. The molecule has 1 amide bonds. The van der Waals surface area contributed by atoms with Gasteiger partial charge in [-0.1, -0.05) is 42.0 Å². The minimum atomic E-state index is -0.417. The van der Waals surface area contributed by atoms with Crippen molar-refractivity contribution in [3.63, 3.8) is 0 Å². The van der Waals surface area contributed by atoms with Crippen LogP contribution in [0, 0.1) is 12.8 Å². The fraction of sp³-hybridized carbons (Fsp3) is 0.526. The number of carbonyl (C=O) groups excluding carboxylic acids is 1. The monoisotopic (exact) mass is 301 g/mol. The molecule has 0 N–H and O–H groups in total. The number of ether oxygens (including phenoxy) is 1. The Morgan fingerprint density at radius 3 is 2.32 bits per heavy atom. The highest BCUT2D eigenvalue weighted by atomic mass is 16.6. The number of piperidine rings is 1. The summed E-state index contributed by atoms with van der Waals surface area (Å²) in [5, 5.41) is 0. The van der Waals surface area contributed by atoms with Gasteiger partial charge in [0.15, 0.2) is 0 Å². The Morgan fingerprint density at radius 1 is 1.18 bits per heavy atom. The second-order valence-electron chi connectivity index (χ2n) is 7.07. The predicted octanol–water partition coefficient (Wildman–Crippen LogP) is 4.66. The Kier molecular flexibility index (Phi) is 5.28. The summed E-state index contributed by atoms with van der Waals surface area (Å²) in [5.74, 6) is 0.542. The number of amides is 1. The molecule has 0 atom stereocenters. The van der Waals surface area contributed by atoms with Gasteiger partial charge < -0.3 is 9.64 Å². The topological polar surface area (TPSA) is 29.5 Å². The first-order valence-electron chi connectivity index (χ1n) is 8.06. The third-order valence-electron chi connectivity index (χ3n) is 3.83. The molecule has 1 aromatic carbocycles. The normalized spacial score (nSPS) is 17.0. The quantitative estimate of drug-likeness (QED) is 0.795. The van der Waals surface area contributed by atoms with Gasteiger partial charge in [-0.15, -0.1) is 0 Å². The van der Waals surface area contributed by atoms with Crippen LogP contribution in [-0.4, -0.2) is 29.7 Å². The van der Waals surface area contributed by atoms with Crippen molar-refractivity contribution in [2.75, 3.05) is 13.1 Å². The van der Waals surface area contributed by atoms with Crippen LogP contribution in [0.25, 0.3) is 6.08 Å². The summed E-state index contributed by atoms with van der Waals surface area (Å²) in [4.78, 5) is 13.8. The molecule has 0 aliphatic carbocycles. The summed E-state index contributed by atoms with van der Waals surface area (Å²) < 4.78 is 5.42. The molecule has 3 heteroatoms. The molecule has 2 rings (SSSR count). The maximum Gasteiger partial charge on any atom is 0.410 e. The lowest BCUT2D eigenvalue weighted by atomic mass is 9.96. The number of benzene rings is 1. The van der Waals surface area contributed by atoms with Crippen molar-refractivity contribution in [3.8, 4) is 0 Å². The summed E-state index contributed by atoms with van der Waals surface area (Å²) in [6.45, 7) is 9.36. The van der Waals surface area contributed by atoms with E-state index >= 15 is 0 Å². The zero-order chi connectivity index (χ0) is 16.2. The fourth-order valence-electron chi connectivity index (χ4n) is 2.53. The van der Waals surface area contributed by atoms with E-state index in [1.807, 2.05) is 25.7 Å². The van der Waals surface area contributed by atoms with E-state index in [1.54, 1.807) is 0 Å². The van der Waals surface area contributed by atoms with Crippen molar-refractivity contribution in [1.82, 2.24) is 4.90 Å². The molecule has 0 spiro atoms. The van der Waals surface area contributed by atoms with Crippen LogP contribution < -0.4 is 0 Å². The molecular formula is C19H27NO2. The highest BCUT2D eigenvalue weighted by Crippen LogP contribution is 2.21.